The zero-order valence-electron chi connectivity index (χ0n) is 21.0. The molecule has 8 nitrogen and oxygen atoms in total. The Morgan fingerprint density at radius 2 is 1.28 bits per heavy atom. The minimum atomic E-state index is -4.06. The molecule has 1 aliphatic rings. The van der Waals surface area contributed by atoms with E-state index in [9.17, 15) is 21.6 Å². The largest absolute Gasteiger partial charge is 0.339 e. The van der Waals surface area contributed by atoms with Crippen molar-refractivity contribution in [1.29, 1.82) is 0 Å². The van der Waals surface area contributed by atoms with E-state index in [1.807, 2.05) is 6.26 Å². The van der Waals surface area contributed by atoms with E-state index in [-0.39, 0.29) is 37.1 Å². The van der Waals surface area contributed by atoms with Gasteiger partial charge in [-0.3, -0.25) is 14.2 Å². The van der Waals surface area contributed by atoms with Gasteiger partial charge in [-0.1, -0.05) is 36.0 Å². The number of nitrogens with zero attached hydrogens (tertiary/aromatic N) is 1. The van der Waals surface area contributed by atoms with E-state index in [0.29, 0.717) is 23.5 Å². The predicted octanol–water partition coefficient (Wildman–Crippen LogP) is 6.33. The van der Waals surface area contributed by atoms with E-state index >= 15 is 0 Å². The lowest BCUT2D eigenvalue weighted by atomic mass is 10.2. The van der Waals surface area contributed by atoms with Crippen LogP contribution in [0.4, 0.5) is 11.4 Å². The molecule has 1 amide bonds. The molecule has 0 bridgehead atoms. The van der Waals surface area contributed by atoms with E-state index in [1.165, 1.54) is 66.4 Å². The Hall–Kier alpha value is -2.44. The van der Waals surface area contributed by atoms with E-state index in [2.05, 4.69) is 9.44 Å². The molecule has 3 aromatic carbocycles. The van der Waals surface area contributed by atoms with Crippen LogP contribution in [0.2, 0.25) is 10.0 Å². The van der Waals surface area contributed by atoms with Crippen LogP contribution in [0.3, 0.4) is 0 Å². The lowest BCUT2D eigenvalue weighted by Crippen LogP contribution is -2.32. The van der Waals surface area contributed by atoms with Crippen LogP contribution >= 0.6 is 35.0 Å². The third-order valence-electron chi connectivity index (χ3n) is 6.14. The highest BCUT2D eigenvalue weighted by atomic mass is 35.5. The summed E-state index contributed by atoms with van der Waals surface area (Å²) in [5.74, 6) is -0.179. The number of carbonyl (C=O) groups excluding carboxylic acids is 1. The van der Waals surface area contributed by atoms with Gasteiger partial charge in [0.2, 0.25) is 0 Å². The minimum Gasteiger partial charge on any atom is -0.339 e. The highest BCUT2D eigenvalue weighted by molar-refractivity contribution is 7.98. The molecule has 1 saturated heterocycles. The zero-order valence-corrected chi connectivity index (χ0v) is 24.9. The van der Waals surface area contributed by atoms with Crippen molar-refractivity contribution >= 4 is 72.3 Å². The molecule has 1 aliphatic heterocycles. The summed E-state index contributed by atoms with van der Waals surface area (Å²) in [6.07, 6.45) is 5.83. The first-order valence-electron chi connectivity index (χ1n) is 12.1. The number of likely N-dealkylation sites (tertiary alicyclic amines) is 1. The van der Waals surface area contributed by atoms with Gasteiger partial charge < -0.3 is 4.90 Å². The third kappa shape index (κ3) is 7.40. The number of sulfonamides is 2. The average Bonchev–Trinajstić information content (AvgIpc) is 3.17. The SMILES string of the molecule is CSc1ccc(S(=O)(=O)Nc2ccc(S(=O)(=O)Nc3cc(Cl)cc(Cl)c3)cc2)cc1C(=O)N1CCCCCC1. The van der Waals surface area contributed by atoms with Crippen molar-refractivity contribution < 1.29 is 21.6 Å². The van der Waals surface area contributed by atoms with Crippen LogP contribution < -0.4 is 9.44 Å². The summed E-state index contributed by atoms with van der Waals surface area (Å²) >= 11 is 13.3. The molecule has 0 radical (unpaired) electrons. The van der Waals surface area contributed by atoms with Crippen molar-refractivity contribution in [3.8, 4) is 0 Å². The van der Waals surface area contributed by atoms with E-state index < -0.39 is 20.0 Å². The Kier molecular flexibility index (Phi) is 9.38. The molecule has 0 atom stereocenters. The molecule has 13 heteroatoms. The van der Waals surface area contributed by atoms with Crippen LogP contribution in [0.15, 0.2) is 75.4 Å². The molecule has 39 heavy (non-hydrogen) atoms. The van der Waals surface area contributed by atoms with Crippen molar-refractivity contribution in [2.24, 2.45) is 0 Å². The fraction of sp³-hybridized carbons (Fsp3) is 0.269. The van der Waals surface area contributed by atoms with Gasteiger partial charge in [-0.05, 0) is 79.8 Å². The number of rotatable bonds is 8. The van der Waals surface area contributed by atoms with Gasteiger partial charge >= 0.3 is 0 Å². The Morgan fingerprint density at radius 1 is 0.744 bits per heavy atom. The van der Waals surface area contributed by atoms with Gasteiger partial charge in [-0.2, -0.15) is 0 Å². The standard InChI is InChI=1S/C26H27Cl2N3O5S3/c1-37-25-11-10-23(17-24(25)26(32)31-12-4-2-3-5-13-31)39(35,36)29-20-6-8-22(9-7-20)38(33,34)30-21-15-18(27)14-19(28)16-21/h6-11,14-17,29-30H,2-5,12-13H2,1H3. The lowest BCUT2D eigenvalue weighted by molar-refractivity contribution is 0.0758. The van der Waals surface area contributed by atoms with Gasteiger partial charge in [-0.15, -0.1) is 11.8 Å². The minimum absolute atomic E-state index is 0.0605. The number of hydrogen-bond donors (Lipinski definition) is 2. The molecule has 3 aromatic rings. The van der Waals surface area contributed by atoms with Crippen molar-refractivity contribution in [1.82, 2.24) is 4.90 Å². The van der Waals surface area contributed by atoms with Gasteiger partial charge in [0.25, 0.3) is 26.0 Å². The summed E-state index contributed by atoms with van der Waals surface area (Å²) < 4.78 is 56.8. The number of nitrogens with one attached hydrogen (secondary N) is 2. The highest BCUT2D eigenvalue weighted by Crippen LogP contribution is 2.28. The Morgan fingerprint density at radius 3 is 1.87 bits per heavy atom. The average molecular weight is 629 g/mol. The first kappa shape index (κ1) is 29.5. The second kappa shape index (κ2) is 12.4. The van der Waals surface area contributed by atoms with Crippen molar-refractivity contribution in [3.63, 3.8) is 0 Å². The van der Waals surface area contributed by atoms with Crippen LogP contribution in [-0.2, 0) is 20.0 Å². The smallest absolute Gasteiger partial charge is 0.261 e. The summed E-state index contributed by atoms with van der Waals surface area (Å²) in [6, 6.07) is 14.0. The second-order valence-corrected chi connectivity index (χ2v) is 14.0. The maximum atomic E-state index is 13.3. The zero-order chi connectivity index (χ0) is 28.2. The fourth-order valence-corrected chi connectivity index (χ4v) is 7.43. The number of benzene rings is 3. The number of anilines is 2. The Labute approximate surface area is 243 Å². The van der Waals surface area contributed by atoms with Crippen molar-refractivity contribution in [2.75, 3.05) is 28.8 Å². The topological polar surface area (TPSA) is 113 Å². The quantitative estimate of drug-likeness (QED) is 0.282. The molecule has 0 spiro atoms. The number of halogens is 2. The van der Waals surface area contributed by atoms with Gasteiger partial charge in [0, 0.05) is 33.7 Å². The molecule has 0 aliphatic carbocycles. The van der Waals surface area contributed by atoms with Crippen LogP contribution in [-0.4, -0.2) is 47.0 Å². The van der Waals surface area contributed by atoms with Crippen molar-refractivity contribution in [3.05, 3.63) is 76.3 Å². The Balaban J connectivity index is 1.53. The van der Waals surface area contributed by atoms with Gasteiger partial charge in [0.15, 0.2) is 0 Å². The molecule has 0 saturated carbocycles. The third-order valence-corrected chi connectivity index (χ3v) is 10.1. The molecule has 2 N–H and O–H groups in total. The lowest BCUT2D eigenvalue weighted by Gasteiger charge is -2.22. The number of hydrogen-bond acceptors (Lipinski definition) is 6. The number of thioether (sulfide) groups is 1. The maximum Gasteiger partial charge on any atom is 0.261 e. The molecule has 1 fully saturated rings. The predicted molar refractivity (Wildman–Crippen MR) is 157 cm³/mol. The molecular weight excluding hydrogens is 601 g/mol. The Bertz CT molecular complexity index is 1550. The fourth-order valence-electron chi connectivity index (χ4n) is 4.21. The summed E-state index contributed by atoms with van der Waals surface area (Å²) in [5, 5.41) is 0.540. The summed E-state index contributed by atoms with van der Waals surface area (Å²) in [4.78, 5) is 15.6. The van der Waals surface area contributed by atoms with Crippen LogP contribution in [0.1, 0.15) is 36.0 Å². The highest BCUT2D eigenvalue weighted by Gasteiger charge is 2.24. The van der Waals surface area contributed by atoms with E-state index in [1.54, 1.807) is 11.0 Å². The molecular formula is C26H27Cl2N3O5S3. The monoisotopic (exact) mass is 627 g/mol. The van der Waals surface area contributed by atoms with Crippen LogP contribution in [0.25, 0.3) is 0 Å². The van der Waals surface area contributed by atoms with Gasteiger partial charge in [0.1, 0.15) is 0 Å². The summed E-state index contributed by atoms with van der Waals surface area (Å²) in [5.41, 5.74) is 0.700. The van der Waals surface area contributed by atoms with Gasteiger partial charge in [0.05, 0.1) is 21.0 Å². The summed E-state index contributed by atoms with van der Waals surface area (Å²) in [6.45, 7) is 1.30. The summed E-state index contributed by atoms with van der Waals surface area (Å²) in [7, 11) is -8.05. The molecule has 0 aromatic heterocycles. The van der Waals surface area contributed by atoms with E-state index in [0.717, 1.165) is 25.7 Å². The number of amides is 1. The molecule has 4 rings (SSSR count). The molecule has 0 unspecified atom stereocenters. The molecule has 208 valence electrons. The van der Waals surface area contributed by atoms with Crippen LogP contribution in [0.5, 0.6) is 0 Å². The number of carbonyl (C=O) groups is 1. The first-order chi connectivity index (χ1) is 18.5. The second-order valence-electron chi connectivity index (χ2n) is 8.96. The van der Waals surface area contributed by atoms with E-state index in [4.69, 9.17) is 23.2 Å². The maximum absolute atomic E-state index is 13.3. The first-order valence-corrected chi connectivity index (χ1v) is 17.0. The molecule has 1 heterocycles. The van der Waals surface area contributed by atoms with Crippen molar-refractivity contribution in [2.45, 2.75) is 40.4 Å². The van der Waals surface area contributed by atoms with Gasteiger partial charge in [-0.25, -0.2) is 16.8 Å². The normalized spacial score (nSPS) is 14.5. The van der Waals surface area contributed by atoms with Crippen LogP contribution in [0, 0.1) is 0 Å².